The Morgan fingerprint density at radius 1 is 1.23 bits per heavy atom. The average Bonchev–Trinajstić information content (AvgIpc) is 2.08. The number of hydrogen-bond donors (Lipinski definition) is 5. The lowest BCUT2D eigenvalue weighted by Crippen LogP contribution is -2.62. The molecule has 13 heavy (non-hydrogen) atoms. The van der Waals surface area contributed by atoms with E-state index >= 15 is 0 Å². The summed E-state index contributed by atoms with van der Waals surface area (Å²) in [6.07, 6.45) is -5.64. The van der Waals surface area contributed by atoms with E-state index < -0.39 is 34.8 Å². The van der Waals surface area contributed by atoms with Crippen LogP contribution in [0.25, 0.3) is 0 Å². The molecule has 7 heteroatoms. The van der Waals surface area contributed by atoms with Gasteiger partial charge in [-0.1, -0.05) is 0 Å². The average molecular weight is 306 g/mol. The van der Waals surface area contributed by atoms with Crippen LogP contribution in [0.2, 0.25) is 0 Å². The van der Waals surface area contributed by atoms with Gasteiger partial charge >= 0.3 is 0 Å². The van der Waals surface area contributed by atoms with Crippen LogP contribution in [-0.4, -0.2) is 60.3 Å². The van der Waals surface area contributed by atoms with Crippen molar-refractivity contribution in [2.24, 2.45) is 0 Å². The lowest BCUT2D eigenvalue weighted by molar-refractivity contribution is -0.296. The highest BCUT2D eigenvalue weighted by Gasteiger charge is 2.51. The van der Waals surface area contributed by atoms with Crippen LogP contribution in [-0.2, 0) is 4.74 Å². The zero-order valence-corrected chi connectivity index (χ0v) is 8.70. The van der Waals surface area contributed by atoms with Gasteiger partial charge in [-0.15, -0.1) is 0 Å². The maximum absolute atomic E-state index is 9.36. The summed E-state index contributed by atoms with van der Waals surface area (Å²) in [5.41, 5.74) is 0. The molecule has 78 valence electrons. The molecule has 1 aliphatic rings. The van der Waals surface area contributed by atoms with Gasteiger partial charge in [-0.3, -0.25) is 0 Å². The SMILES string of the molecule is OC[C@H]1OC(O)(I)[C@H](O)[C@@H](O)[C@@H]1O. The third kappa shape index (κ3) is 2.12. The number of hydrogen-bond acceptors (Lipinski definition) is 6. The van der Waals surface area contributed by atoms with Crippen molar-refractivity contribution >= 4 is 22.6 Å². The van der Waals surface area contributed by atoms with Crippen LogP contribution in [0.1, 0.15) is 0 Å². The number of aliphatic hydroxyl groups excluding tert-OH is 4. The van der Waals surface area contributed by atoms with E-state index in [0.717, 1.165) is 0 Å². The summed E-state index contributed by atoms with van der Waals surface area (Å²) in [6.45, 7) is -0.545. The minimum atomic E-state index is -1.98. The maximum Gasteiger partial charge on any atom is 0.248 e. The topological polar surface area (TPSA) is 110 Å². The number of rotatable bonds is 1. The quantitative estimate of drug-likeness (QED) is 0.271. The van der Waals surface area contributed by atoms with Crippen molar-refractivity contribution in [2.75, 3.05) is 6.61 Å². The normalized spacial score (nSPS) is 52.2. The van der Waals surface area contributed by atoms with E-state index in [4.69, 9.17) is 9.84 Å². The van der Waals surface area contributed by atoms with Crippen LogP contribution in [0.3, 0.4) is 0 Å². The molecule has 6 nitrogen and oxygen atoms in total. The van der Waals surface area contributed by atoms with Gasteiger partial charge in [0.15, 0.2) is 0 Å². The first-order valence-electron chi connectivity index (χ1n) is 3.64. The lowest BCUT2D eigenvalue weighted by Gasteiger charge is -2.42. The number of aliphatic hydroxyl groups is 5. The first-order chi connectivity index (χ1) is 5.90. The van der Waals surface area contributed by atoms with Crippen molar-refractivity contribution in [3.63, 3.8) is 0 Å². The molecule has 1 fully saturated rings. The fourth-order valence-electron chi connectivity index (χ4n) is 1.11. The minimum Gasteiger partial charge on any atom is -0.394 e. The van der Waals surface area contributed by atoms with Crippen LogP contribution in [0.5, 0.6) is 0 Å². The van der Waals surface area contributed by atoms with Gasteiger partial charge in [-0.25, -0.2) is 0 Å². The molecule has 0 amide bonds. The molecular weight excluding hydrogens is 295 g/mol. The minimum absolute atomic E-state index is 0.545. The number of alkyl halides is 1. The Labute approximate surface area is 87.9 Å². The van der Waals surface area contributed by atoms with Gasteiger partial charge in [0, 0.05) is 0 Å². The number of halogens is 1. The largest absolute Gasteiger partial charge is 0.394 e. The van der Waals surface area contributed by atoms with Gasteiger partial charge in [0.05, 0.1) is 6.61 Å². The monoisotopic (exact) mass is 306 g/mol. The Balaban J connectivity index is 2.79. The van der Waals surface area contributed by atoms with Crippen molar-refractivity contribution in [3.8, 4) is 0 Å². The van der Waals surface area contributed by atoms with E-state index in [0.29, 0.717) is 0 Å². The molecular formula is C6H11IO6. The smallest absolute Gasteiger partial charge is 0.248 e. The summed E-state index contributed by atoms with van der Waals surface area (Å²) in [7, 11) is 0. The van der Waals surface area contributed by atoms with E-state index in [9.17, 15) is 20.4 Å². The van der Waals surface area contributed by atoms with Crippen molar-refractivity contribution in [3.05, 3.63) is 0 Å². The fraction of sp³-hybridized carbons (Fsp3) is 1.00. The van der Waals surface area contributed by atoms with Gasteiger partial charge in [-0.2, -0.15) is 0 Å². The highest BCUT2D eigenvalue weighted by Crippen LogP contribution is 2.32. The Morgan fingerprint density at radius 3 is 2.23 bits per heavy atom. The number of ether oxygens (including phenoxy) is 1. The Bertz CT molecular complexity index is 184. The molecule has 0 radical (unpaired) electrons. The second kappa shape index (κ2) is 3.93. The summed E-state index contributed by atoms with van der Waals surface area (Å²) in [5.74, 6) is 0. The van der Waals surface area contributed by atoms with Crippen LogP contribution in [0.4, 0.5) is 0 Å². The third-order valence-electron chi connectivity index (χ3n) is 1.92. The molecule has 0 aromatic heterocycles. The molecule has 0 aliphatic carbocycles. The standard InChI is InChI=1S/C6H11IO6/c7-6(12)5(11)4(10)3(9)2(1-8)13-6/h2-5,8-12H,1H2/t2-,3-,4+,5-,6?/m1/s1. The molecule has 0 saturated carbocycles. The summed E-state index contributed by atoms with van der Waals surface area (Å²) >= 11 is 1.38. The predicted molar refractivity (Wildman–Crippen MR) is 48.9 cm³/mol. The summed E-state index contributed by atoms with van der Waals surface area (Å²) in [5, 5.41) is 45.7. The van der Waals surface area contributed by atoms with Crippen molar-refractivity contribution in [1.82, 2.24) is 0 Å². The zero-order chi connectivity index (χ0) is 10.2. The highest BCUT2D eigenvalue weighted by atomic mass is 127. The molecule has 0 aromatic carbocycles. The highest BCUT2D eigenvalue weighted by molar-refractivity contribution is 14.1. The van der Waals surface area contributed by atoms with Gasteiger partial charge in [-0.05, 0) is 22.6 Å². The molecule has 0 aromatic rings. The first kappa shape index (κ1) is 11.6. The van der Waals surface area contributed by atoms with E-state index in [1.54, 1.807) is 0 Å². The molecule has 5 atom stereocenters. The van der Waals surface area contributed by atoms with E-state index in [2.05, 4.69) is 0 Å². The molecule has 1 unspecified atom stereocenters. The third-order valence-corrected chi connectivity index (χ3v) is 2.81. The van der Waals surface area contributed by atoms with Crippen LogP contribution in [0, 0.1) is 0 Å². The van der Waals surface area contributed by atoms with Gasteiger partial charge in [0.1, 0.15) is 24.4 Å². The molecule has 1 heterocycles. The van der Waals surface area contributed by atoms with Crippen molar-refractivity contribution in [2.45, 2.75) is 28.2 Å². The Hall–Kier alpha value is 0.490. The molecule has 5 N–H and O–H groups in total. The van der Waals surface area contributed by atoms with Crippen molar-refractivity contribution < 1.29 is 30.3 Å². The van der Waals surface area contributed by atoms with Gasteiger partial charge in [0.2, 0.25) is 3.79 Å². The second-order valence-electron chi connectivity index (χ2n) is 2.87. The summed E-state index contributed by atoms with van der Waals surface area (Å²) in [4.78, 5) is 0. The molecule has 0 bridgehead atoms. The van der Waals surface area contributed by atoms with E-state index in [1.165, 1.54) is 22.6 Å². The van der Waals surface area contributed by atoms with Gasteiger partial charge < -0.3 is 30.3 Å². The van der Waals surface area contributed by atoms with E-state index in [1.807, 2.05) is 0 Å². The fourth-order valence-corrected chi connectivity index (χ4v) is 1.81. The zero-order valence-electron chi connectivity index (χ0n) is 6.54. The Kier molecular flexibility index (Phi) is 3.49. The second-order valence-corrected chi connectivity index (χ2v) is 4.42. The predicted octanol–water partition coefficient (Wildman–Crippen LogP) is -2.46. The van der Waals surface area contributed by atoms with Crippen LogP contribution in [0.15, 0.2) is 0 Å². The lowest BCUT2D eigenvalue weighted by atomic mass is 9.99. The van der Waals surface area contributed by atoms with E-state index in [-0.39, 0.29) is 0 Å². The first-order valence-corrected chi connectivity index (χ1v) is 4.72. The van der Waals surface area contributed by atoms with Crippen molar-refractivity contribution in [1.29, 1.82) is 0 Å². The molecule has 0 spiro atoms. The van der Waals surface area contributed by atoms with Crippen LogP contribution < -0.4 is 0 Å². The Morgan fingerprint density at radius 2 is 1.77 bits per heavy atom. The van der Waals surface area contributed by atoms with Gasteiger partial charge in [0.25, 0.3) is 0 Å². The summed E-state index contributed by atoms with van der Waals surface area (Å²) in [6, 6.07) is 0. The molecule has 1 saturated heterocycles. The van der Waals surface area contributed by atoms with Crippen LogP contribution >= 0.6 is 22.6 Å². The summed E-state index contributed by atoms with van der Waals surface area (Å²) < 4.78 is 2.77. The molecule has 1 rings (SSSR count). The molecule has 1 aliphatic heterocycles. The maximum atomic E-state index is 9.36.